The third-order valence-corrected chi connectivity index (χ3v) is 6.36. The van der Waals surface area contributed by atoms with E-state index in [1.54, 1.807) is 13.3 Å². The zero-order chi connectivity index (χ0) is 20.1. The van der Waals surface area contributed by atoms with Crippen molar-refractivity contribution in [3.05, 3.63) is 71.2 Å². The van der Waals surface area contributed by atoms with Crippen molar-refractivity contribution in [2.75, 3.05) is 20.2 Å². The molecule has 0 spiro atoms. The zero-order valence-corrected chi connectivity index (χ0v) is 17.3. The SMILES string of the molecule is COc1ccc(-c2ccc(C(=O)NC3CCN(Cc4ccccc4)CC3)s2)cn1. The maximum absolute atomic E-state index is 12.7. The van der Waals surface area contributed by atoms with E-state index in [0.29, 0.717) is 5.88 Å². The van der Waals surface area contributed by atoms with Gasteiger partial charge in [0.1, 0.15) is 0 Å². The first kappa shape index (κ1) is 19.6. The first-order valence-corrected chi connectivity index (χ1v) is 10.7. The molecule has 1 aliphatic heterocycles. The van der Waals surface area contributed by atoms with Gasteiger partial charge in [-0.1, -0.05) is 30.3 Å². The summed E-state index contributed by atoms with van der Waals surface area (Å²) >= 11 is 1.50. The predicted molar refractivity (Wildman–Crippen MR) is 116 cm³/mol. The van der Waals surface area contributed by atoms with E-state index in [0.717, 1.165) is 47.8 Å². The standard InChI is InChI=1S/C23H25N3O2S/c1-28-22-10-7-18(15-24-22)20-8-9-21(29-20)23(27)25-19-11-13-26(14-12-19)16-17-5-3-2-4-6-17/h2-10,15,19H,11-14,16H2,1H3,(H,25,27). The summed E-state index contributed by atoms with van der Waals surface area (Å²) in [6, 6.07) is 18.4. The second-order valence-electron chi connectivity index (χ2n) is 7.26. The lowest BCUT2D eigenvalue weighted by atomic mass is 10.0. The van der Waals surface area contributed by atoms with Crippen LogP contribution in [0.1, 0.15) is 28.1 Å². The van der Waals surface area contributed by atoms with Crippen LogP contribution in [0.15, 0.2) is 60.8 Å². The number of piperidine rings is 1. The van der Waals surface area contributed by atoms with Gasteiger partial charge in [0.2, 0.25) is 5.88 Å². The average molecular weight is 408 g/mol. The number of thiophene rings is 1. The van der Waals surface area contributed by atoms with Gasteiger partial charge in [-0.15, -0.1) is 11.3 Å². The fourth-order valence-electron chi connectivity index (χ4n) is 3.60. The van der Waals surface area contributed by atoms with E-state index in [2.05, 4.69) is 39.5 Å². The fraction of sp³-hybridized carbons (Fsp3) is 0.304. The molecule has 1 N–H and O–H groups in total. The van der Waals surface area contributed by atoms with Crippen LogP contribution in [0.2, 0.25) is 0 Å². The van der Waals surface area contributed by atoms with Crippen molar-refractivity contribution < 1.29 is 9.53 Å². The molecule has 0 aliphatic carbocycles. The van der Waals surface area contributed by atoms with Gasteiger partial charge in [-0.05, 0) is 36.6 Å². The van der Waals surface area contributed by atoms with E-state index in [1.807, 2.05) is 30.3 Å². The Labute approximate surface area is 175 Å². The summed E-state index contributed by atoms with van der Waals surface area (Å²) in [5.74, 6) is 0.603. The number of benzene rings is 1. The smallest absolute Gasteiger partial charge is 0.261 e. The van der Waals surface area contributed by atoms with E-state index in [-0.39, 0.29) is 11.9 Å². The molecule has 4 rings (SSSR count). The molecule has 6 heteroatoms. The van der Waals surface area contributed by atoms with Crippen molar-refractivity contribution >= 4 is 17.2 Å². The van der Waals surface area contributed by atoms with Crippen LogP contribution in [-0.4, -0.2) is 42.0 Å². The molecule has 3 aromatic rings. The fourth-order valence-corrected chi connectivity index (χ4v) is 4.49. The maximum Gasteiger partial charge on any atom is 0.261 e. The molecule has 0 saturated carbocycles. The third kappa shape index (κ3) is 5.02. The Morgan fingerprint density at radius 2 is 1.93 bits per heavy atom. The Kier molecular flexibility index (Phi) is 6.22. The molecule has 1 aromatic carbocycles. The molecular formula is C23H25N3O2S. The van der Waals surface area contributed by atoms with Gasteiger partial charge in [0.15, 0.2) is 0 Å². The Bertz CT molecular complexity index is 932. The molecule has 0 atom stereocenters. The van der Waals surface area contributed by atoms with Gasteiger partial charge in [0.25, 0.3) is 5.91 Å². The normalized spacial score (nSPS) is 15.2. The van der Waals surface area contributed by atoms with Crippen molar-refractivity contribution in [3.8, 4) is 16.3 Å². The molecule has 2 aromatic heterocycles. The molecule has 3 heterocycles. The second kappa shape index (κ2) is 9.20. The third-order valence-electron chi connectivity index (χ3n) is 5.23. The number of amides is 1. The van der Waals surface area contributed by atoms with Crippen LogP contribution in [0.3, 0.4) is 0 Å². The monoisotopic (exact) mass is 407 g/mol. The minimum Gasteiger partial charge on any atom is -0.481 e. The molecule has 0 bridgehead atoms. The lowest BCUT2D eigenvalue weighted by Crippen LogP contribution is -2.44. The number of pyridine rings is 1. The van der Waals surface area contributed by atoms with Crippen molar-refractivity contribution in [1.82, 2.24) is 15.2 Å². The Morgan fingerprint density at radius 1 is 1.14 bits per heavy atom. The zero-order valence-electron chi connectivity index (χ0n) is 16.5. The Morgan fingerprint density at radius 3 is 2.62 bits per heavy atom. The van der Waals surface area contributed by atoms with Crippen LogP contribution in [-0.2, 0) is 6.54 Å². The maximum atomic E-state index is 12.7. The van der Waals surface area contributed by atoms with Crippen molar-refractivity contribution in [3.63, 3.8) is 0 Å². The van der Waals surface area contributed by atoms with Crippen LogP contribution in [0.5, 0.6) is 5.88 Å². The number of carbonyl (C=O) groups is 1. The van der Waals surface area contributed by atoms with Gasteiger partial charge in [-0.3, -0.25) is 9.69 Å². The van der Waals surface area contributed by atoms with Crippen LogP contribution >= 0.6 is 11.3 Å². The highest BCUT2D eigenvalue weighted by atomic mass is 32.1. The van der Waals surface area contributed by atoms with Crippen LogP contribution < -0.4 is 10.1 Å². The average Bonchev–Trinajstić information content (AvgIpc) is 3.26. The van der Waals surface area contributed by atoms with Gasteiger partial charge in [0.05, 0.1) is 12.0 Å². The number of hydrogen-bond donors (Lipinski definition) is 1. The highest BCUT2D eigenvalue weighted by Gasteiger charge is 2.22. The molecule has 150 valence electrons. The van der Waals surface area contributed by atoms with Crippen LogP contribution in [0, 0.1) is 0 Å². The summed E-state index contributed by atoms with van der Waals surface area (Å²) < 4.78 is 5.10. The molecule has 1 fully saturated rings. The van der Waals surface area contributed by atoms with Crippen molar-refractivity contribution in [2.45, 2.75) is 25.4 Å². The lowest BCUT2D eigenvalue weighted by Gasteiger charge is -2.32. The highest BCUT2D eigenvalue weighted by Crippen LogP contribution is 2.28. The molecule has 1 saturated heterocycles. The van der Waals surface area contributed by atoms with Crippen LogP contribution in [0.25, 0.3) is 10.4 Å². The van der Waals surface area contributed by atoms with Crippen molar-refractivity contribution in [1.29, 1.82) is 0 Å². The topological polar surface area (TPSA) is 54.5 Å². The van der Waals surface area contributed by atoms with Gasteiger partial charge >= 0.3 is 0 Å². The molecular weight excluding hydrogens is 382 g/mol. The van der Waals surface area contributed by atoms with E-state index in [1.165, 1.54) is 16.9 Å². The first-order chi connectivity index (χ1) is 14.2. The predicted octanol–water partition coefficient (Wildman–Crippen LogP) is 4.21. The molecule has 1 aliphatic rings. The first-order valence-electron chi connectivity index (χ1n) is 9.88. The van der Waals surface area contributed by atoms with Gasteiger partial charge in [-0.2, -0.15) is 0 Å². The summed E-state index contributed by atoms with van der Waals surface area (Å²) in [4.78, 5) is 21.1. The number of likely N-dealkylation sites (tertiary alicyclic amines) is 1. The van der Waals surface area contributed by atoms with E-state index >= 15 is 0 Å². The second-order valence-corrected chi connectivity index (χ2v) is 8.35. The number of rotatable bonds is 6. The minimum atomic E-state index is 0.0178. The number of carbonyl (C=O) groups excluding carboxylic acids is 1. The molecule has 29 heavy (non-hydrogen) atoms. The summed E-state index contributed by atoms with van der Waals surface area (Å²) in [5.41, 5.74) is 2.33. The molecule has 1 amide bonds. The molecule has 0 unspecified atom stereocenters. The lowest BCUT2D eigenvalue weighted by molar-refractivity contribution is 0.0913. The van der Waals surface area contributed by atoms with Gasteiger partial charge in [-0.25, -0.2) is 4.98 Å². The number of aromatic nitrogens is 1. The van der Waals surface area contributed by atoms with E-state index in [9.17, 15) is 4.79 Å². The quantitative estimate of drug-likeness (QED) is 0.665. The summed E-state index contributed by atoms with van der Waals surface area (Å²) in [7, 11) is 1.60. The largest absolute Gasteiger partial charge is 0.481 e. The Balaban J connectivity index is 1.29. The summed E-state index contributed by atoms with van der Waals surface area (Å²) in [6.45, 7) is 2.99. The van der Waals surface area contributed by atoms with E-state index < -0.39 is 0 Å². The number of ether oxygens (including phenoxy) is 1. The number of hydrogen-bond acceptors (Lipinski definition) is 5. The number of methoxy groups -OCH3 is 1. The van der Waals surface area contributed by atoms with Gasteiger partial charge in [0, 0.05) is 48.4 Å². The minimum absolute atomic E-state index is 0.0178. The Hall–Kier alpha value is -2.70. The summed E-state index contributed by atoms with van der Waals surface area (Å²) in [5, 5.41) is 3.21. The molecule has 0 radical (unpaired) electrons. The number of nitrogens with zero attached hydrogens (tertiary/aromatic N) is 2. The van der Waals surface area contributed by atoms with Crippen molar-refractivity contribution in [2.24, 2.45) is 0 Å². The molecule has 5 nitrogen and oxygen atoms in total. The highest BCUT2D eigenvalue weighted by molar-refractivity contribution is 7.17. The van der Waals surface area contributed by atoms with Gasteiger partial charge < -0.3 is 10.1 Å². The van der Waals surface area contributed by atoms with E-state index in [4.69, 9.17) is 4.74 Å². The number of nitrogens with one attached hydrogen (secondary N) is 1. The summed E-state index contributed by atoms with van der Waals surface area (Å²) in [6.07, 6.45) is 3.74. The van der Waals surface area contributed by atoms with Crippen LogP contribution in [0.4, 0.5) is 0 Å².